The standard InChI is InChI=1S/C11H20F2N2/c1-11(4-5-14-7-11)8-15(6-10(12)13)9-2-3-9/h9-10,14H,2-8H2,1H3. The smallest absolute Gasteiger partial charge is 0.251 e. The molecule has 0 aromatic rings. The highest BCUT2D eigenvalue weighted by Gasteiger charge is 2.37. The van der Waals surface area contributed by atoms with Crippen LogP contribution in [0.4, 0.5) is 8.78 Å². The third-order valence-electron chi connectivity index (χ3n) is 3.48. The first-order chi connectivity index (χ1) is 7.09. The Balaban J connectivity index is 1.87. The lowest BCUT2D eigenvalue weighted by molar-refractivity contribution is 0.0635. The average Bonchev–Trinajstić information content (AvgIpc) is 2.89. The van der Waals surface area contributed by atoms with E-state index in [1.165, 1.54) is 0 Å². The Labute approximate surface area is 90.0 Å². The Morgan fingerprint density at radius 1 is 1.47 bits per heavy atom. The highest BCUT2D eigenvalue weighted by atomic mass is 19.3. The molecule has 0 spiro atoms. The van der Waals surface area contributed by atoms with Gasteiger partial charge in [-0.2, -0.15) is 0 Å². The molecule has 1 N–H and O–H groups in total. The van der Waals surface area contributed by atoms with E-state index in [0.29, 0.717) is 6.04 Å². The molecule has 0 radical (unpaired) electrons. The van der Waals surface area contributed by atoms with Gasteiger partial charge in [0.25, 0.3) is 6.43 Å². The van der Waals surface area contributed by atoms with Crippen LogP contribution < -0.4 is 5.32 Å². The van der Waals surface area contributed by atoms with Crippen molar-refractivity contribution in [2.45, 2.75) is 38.7 Å². The molecule has 2 nitrogen and oxygen atoms in total. The molecule has 2 aliphatic rings. The summed E-state index contributed by atoms with van der Waals surface area (Å²) in [5, 5.41) is 3.32. The summed E-state index contributed by atoms with van der Waals surface area (Å²) in [6, 6.07) is 0.441. The zero-order valence-electron chi connectivity index (χ0n) is 9.31. The molecule has 15 heavy (non-hydrogen) atoms. The van der Waals surface area contributed by atoms with E-state index in [2.05, 4.69) is 12.2 Å². The Hall–Kier alpha value is -0.220. The van der Waals surface area contributed by atoms with Crippen LogP contribution in [0.2, 0.25) is 0 Å². The molecule has 1 saturated carbocycles. The lowest BCUT2D eigenvalue weighted by Crippen LogP contribution is -2.41. The number of halogens is 2. The van der Waals surface area contributed by atoms with Gasteiger partial charge in [-0.15, -0.1) is 0 Å². The maximum absolute atomic E-state index is 12.4. The predicted octanol–water partition coefficient (Wildman–Crippen LogP) is 1.72. The third kappa shape index (κ3) is 3.11. The molecule has 1 unspecified atom stereocenters. The first-order valence-electron chi connectivity index (χ1n) is 5.82. The second kappa shape index (κ2) is 4.34. The Morgan fingerprint density at radius 3 is 2.67 bits per heavy atom. The van der Waals surface area contributed by atoms with Crippen LogP contribution in [0.1, 0.15) is 26.2 Å². The molecule has 88 valence electrons. The quantitative estimate of drug-likeness (QED) is 0.756. The Morgan fingerprint density at radius 2 is 2.20 bits per heavy atom. The van der Waals surface area contributed by atoms with Gasteiger partial charge in [0.15, 0.2) is 0 Å². The van der Waals surface area contributed by atoms with Gasteiger partial charge in [0.05, 0.1) is 6.54 Å². The highest BCUT2D eigenvalue weighted by molar-refractivity contribution is 4.92. The minimum absolute atomic E-state index is 0.0414. The van der Waals surface area contributed by atoms with Gasteiger partial charge in [0, 0.05) is 19.1 Å². The predicted molar refractivity (Wildman–Crippen MR) is 56.2 cm³/mol. The highest BCUT2D eigenvalue weighted by Crippen LogP contribution is 2.33. The topological polar surface area (TPSA) is 15.3 Å². The number of rotatable bonds is 5. The van der Waals surface area contributed by atoms with Crippen molar-refractivity contribution in [3.8, 4) is 0 Å². The lowest BCUT2D eigenvalue weighted by atomic mass is 9.89. The molecule has 1 aliphatic carbocycles. The molecule has 2 rings (SSSR count). The molecular formula is C11H20F2N2. The molecule has 0 aromatic carbocycles. The minimum atomic E-state index is -2.19. The Bertz CT molecular complexity index is 211. The van der Waals surface area contributed by atoms with Crippen LogP contribution in [0.5, 0.6) is 0 Å². The van der Waals surface area contributed by atoms with E-state index in [-0.39, 0.29) is 12.0 Å². The second-order valence-electron chi connectivity index (χ2n) is 5.29. The fourth-order valence-corrected chi connectivity index (χ4v) is 2.45. The van der Waals surface area contributed by atoms with Gasteiger partial charge in [-0.3, -0.25) is 4.90 Å². The maximum Gasteiger partial charge on any atom is 0.251 e. The van der Waals surface area contributed by atoms with E-state index in [0.717, 1.165) is 38.9 Å². The summed E-state index contributed by atoms with van der Waals surface area (Å²) in [6.07, 6.45) is 1.13. The SMILES string of the molecule is CC1(CN(CC(F)F)C2CC2)CCNC1. The van der Waals surface area contributed by atoms with Crippen LogP contribution in [0.25, 0.3) is 0 Å². The fourth-order valence-electron chi connectivity index (χ4n) is 2.45. The molecule has 0 amide bonds. The molecule has 0 bridgehead atoms. The van der Waals surface area contributed by atoms with Gasteiger partial charge >= 0.3 is 0 Å². The van der Waals surface area contributed by atoms with Crippen LogP contribution in [-0.4, -0.2) is 43.5 Å². The van der Waals surface area contributed by atoms with Crippen molar-refractivity contribution >= 4 is 0 Å². The average molecular weight is 218 g/mol. The maximum atomic E-state index is 12.4. The summed E-state index contributed by atoms with van der Waals surface area (Å²) >= 11 is 0. The van der Waals surface area contributed by atoms with Crippen molar-refractivity contribution in [3.63, 3.8) is 0 Å². The first kappa shape index (κ1) is 11.3. The van der Waals surface area contributed by atoms with Crippen LogP contribution in [-0.2, 0) is 0 Å². The van der Waals surface area contributed by atoms with E-state index >= 15 is 0 Å². The second-order valence-corrected chi connectivity index (χ2v) is 5.29. The molecule has 2 fully saturated rings. The molecule has 1 saturated heterocycles. The summed E-state index contributed by atoms with van der Waals surface area (Å²) in [7, 11) is 0. The monoisotopic (exact) mass is 218 g/mol. The largest absolute Gasteiger partial charge is 0.316 e. The molecule has 1 atom stereocenters. The summed E-state index contributed by atoms with van der Waals surface area (Å²) in [6.45, 7) is 4.99. The van der Waals surface area contributed by atoms with Crippen LogP contribution in [0, 0.1) is 5.41 Å². The molecule has 1 aliphatic heterocycles. The van der Waals surface area contributed by atoms with Gasteiger partial charge in [0.1, 0.15) is 0 Å². The zero-order valence-corrected chi connectivity index (χ0v) is 9.31. The van der Waals surface area contributed by atoms with E-state index in [1.54, 1.807) is 0 Å². The third-order valence-corrected chi connectivity index (χ3v) is 3.48. The van der Waals surface area contributed by atoms with Gasteiger partial charge < -0.3 is 5.32 Å². The number of hydrogen-bond acceptors (Lipinski definition) is 2. The van der Waals surface area contributed by atoms with Gasteiger partial charge in [-0.1, -0.05) is 6.92 Å². The fraction of sp³-hybridized carbons (Fsp3) is 1.00. The van der Waals surface area contributed by atoms with Crippen molar-refractivity contribution in [2.75, 3.05) is 26.2 Å². The van der Waals surface area contributed by atoms with Gasteiger partial charge in [-0.05, 0) is 31.2 Å². The molecule has 4 heteroatoms. The van der Waals surface area contributed by atoms with Crippen LogP contribution >= 0.6 is 0 Å². The number of alkyl halides is 2. The molecular weight excluding hydrogens is 198 g/mol. The van der Waals surface area contributed by atoms with Crippen molar-refractivity contribution < 1.29 is 8.78 Å². The summed E-state index contributed by atoms with van der Waals surface area (Å²) in [5.41, 5.74) is 0.206. The van der Waals surface area contributed by atoms with Gasteiger partial charge in [-0.25, -0.2) is 8.78 Å². The van der Waals surface area contributed by atoms with E-state index in [9.17, 15) is 8.78 Å². The van der Waals surface area contributed by atoms with Crippen LogP contribution in [0.15, 0.2) is 0 Å². The van der Waals surface area contributed by atoms with Crippen LogP contribution in [0.3, 0.4) is 0 Å². The van der Waals surface area contributed by atoms with Crippen molar-refractivity contribution in [2.24, 2.45) is 5.41 Å². The summed E-state index contributed by atoms with van der Waals surface area (Å²) in [4.78, 5) is 2.00. The van der Waals surface area contributed by atoms with Gasteiger partial charge in [0.2, 0.25) is 0 Å². The minimum Gasteiger partial charge on any atom is -0.316 e. The van der Waals surface area contributed by atoms with Crippen molar-refractivity contribution in [3.05, 3.63) is 0 Å². The zero-order chi connectivity index (χ0) is 10.9. The lowest BCUT2D eigenvalue weighted by Gasteiger charge is -2.31. The van der Waals surface area contributed by atoms with Crippen molar-refractivity contribution in [1.82, 2.24) is 10.2 Å². The summed E-state index contributed by atoms with van der Waals surface area (Å²) < 4.78 is 24.8. The Kier molecular flexibility index (Phi) is 3.26. The van der Waals surface area contributed by atoms with E-state index in [4.69, 9.17) is 0 Å². The number of nitrogens with one attached hydrogen (secondary N) is 1. The molecule has 1 heterocycles. The summed E-state index contributed by atoms with van der Waals surface area (Å²) in [5.74, 6) is 0. The van der Waals surface area contributed by atoms with E-state index < -0.39 is 6.43 Å². The number of hydrogen-bond donors (Lipinski definition) is 1. The van der Waals surface area contributed by atoms with Crippen molar-refractivity contribution in [1.29, 1.82) is 0 Å². The molecule has 0 aromatic heterocycles. The first-order valence-corrected chi connectivity index (χ1v) is 5.82. The number of nitrogens with zero attached hydrogens (tertiary/aromatic N) is 1. The normalized spacial score (nSPS) is 31.8. The van der Waals surface area contributed by atoms with E-state index in [1.807, 2.05) is 4.90 Å².